The number of fused-ring (bicyclic) bond motifs is 2. The normalized spacial score (nSPS) is 13.9. The Morgan fingerprint density at radius 1 is 0.488 bits per heavy atom. The first-order chi connectivity index (χ1) is 19.6. The lowest BCUT2D eigenvalue weighted by Crippen LogP contribution is -2.29. The Morgan fingerprint density at radius 2 is 0.829 bits per heavy atom. The fourth-order valence-electron chi connectivity index (χ4n) is 4.62. The van der Waals surface area contributed by atoms with Crippen molar-refractivity contribution in [3.05, 3.63) is 127 Å². The van der Waals surface area contributed by atoms with Gasteiger partial charge in [0.25, 0.3) is 35.0 Å². The number of nitro groups is 2. The Morgan fingerprint density at radius 3 is 1.17 bits per heavy atom. The predicted octanol–water partition coefficient (Wildman–Crippen LogP) is 4.90. The number of carbonyl (C=O) groups is 4. The molecule has 4 aromatic carbocycles. The van der Waals surface area contributed by atoms with Crippen molar-refractivity contribution in [2.75, 3.05) is 9.80 Å². The van der Waals surface area contributed by atoms with Crippen LogP contribution >= 0.6 is 0 Å². The fourth-order valence-corrected chi connectivity index (χ4v) is 4.62. The van der Waals surface area contributed by atoms with E-state index in [9.17, 15) is 39.4 Å². The Kier molecular flexibility index (Phi) is 5.62. The summed E-state index contributed by atoms with van der Waals surface area (Å²) in [5.74, 6) is -1.87. The molecule has 0 saturated carbocycles. The van der Waals surface area contributed by atoms with E-state index in [4.69, 9.17) is 4.74 Å². The van der Waals surface area contributed by atoms with Gasteiger partial charge in [-0.1, -0.05) is 0 Å². The number of carbonyl (C=O) groups excluding carboxylic acids is 4. The highest BCUT2D eigenvalue weighted by Gasteiger charge is 2.39. The molecule has 4 aromatic rings. The highest BCUT2D eigenvalue weighted by Crippen LogP contribution is 2.34. The number of imide groups is 2. The minimum atomic E-state index is -0.680. The zero-order valence-electron chi connectivity index (χ0n) is 20.5. The molecule has 6 rings (SSSR count). The van der Waals surface area contributed by atoms with E-state index in [2.05, 4.69) is 0 Å². The summed E-state index contributed by atoms with van der Waals surface area (Å²) in [5.41, 5.74) is -0.0850. The minimum absolute atomic E-state index is 0.0547. The van der Waals surface area contributed by atoms with Gasteiger partial charge in [0, 0.05) is 24.3 Å². The van der Waals surface area contributed by atoms with Crippen LogP contribution in [0.4, 0.5) is 22.7 Å². The van der Waals surface area contributed by atoms with Crippen molar-refractivity contribution in [2.24, 2.45) is 0 Å². The van der Waals surface area contributed by atoms with Crippen LogP contribution in [0.5, 0.6) is 11.5 Å². The van der Waals surface area contributed by atoms with E-state index in [1.807, 2.05) is 0 Å². The van der Waals surface area contributed by atoms with Gasteiger partial charge in [0.2, 0.25) is 0 Å². The lowest BCUT2D eigenvalue weighted by molar-refractivity contribution is -0.385. The van der Waals surface area contributed by atoms with E-state index in [1.165, 1.54) is 60.7 Å². The smallest absolute Gasteiger partial charge is 0.270 e. The van der Waals surface area contributed by atoms with Crippen LogP contribution in [0.25, 0.3) is 0 Å². The largest absolute Gasteiger partial charge is 0.457 e. The van der Waals surface area contributed by atoms with Gasteiger partial charge in [-0.15, -0.1) is 0 Å². The number of hydrogen-bond donors (Lipinski definition) is 0. The van der Waals surface area contributed by atoms with Gasteiger partial charge in [0.05, 0.1) is 43.5 Å². The van der Waals surface area contributed by atoms with E-state index in [0.29, 0.717) is 11.5 Å². The summed E-state index contributed by atoms with van der Waals surface area (Å²) >= 11 is 0. The summed E-state index contributed by atoms with van der Waals surface area (Å²) in [7, 11) is 0. The zero-order valence-corrected chi connectivity index (χ0v) is 20.5. The number of benzene rings is 4. The average Bonchev–Trinajstić information content (AvgIpc) is 3.37. The summed E-state index contributed by atoms with van der Waals surface area (Å²) in [6.45, 7) is 0. The van der Waals surface area contributed by atoms with Crippen molar-refractivity contribution in [3.8, 4) is 11.5 Å². The first kappa shape index (κ1) is 25.1. The Balaban J connectivity index is 1.17. The molecular formula is C28H14N4O9. The Labute approximate surface area is 229 Å². The number of non-ortho nitro benzene ring substituents is 2. The standard InChI is InChI=1S/C28H14N4O9/c33-25-21-11-5-17(31(37)38)13-23(21)27(35)29(25)15-1-7-19(8-2-15)41-20-9-3-16(4-10-20)30-26(34)22-12-6-18(32(39)40)14-24(22)28(30)36/h1-14H. The summed E-state index contributed by atoms with van der Waals surface area (Å²) < 4.78 is 5.80. The van der Waals surface area contributed by atoms with Crippen LogP contribution in [0, 0.1) is 20.2 Å². The van der Waals surface area contributed by atoms with Crippen molar-refractivity contribution in [1.29, 1.82) is 0 Å². The van der Waals surface area contributed by atoms with Gasteiger partial charge in [-0.2, -0.15) is 0 Å². The van der Waals surface area contributed by atoms with Crippen LogP contribution < -0.4 is 14.5 Å². The molecule has 2 aliphatic heterocycles. The van der Waals surface area contributed by atoms with E-state index < -0.39 is 33.5 Å². The van der Waals surface area contributed by atoms with Gasteiger partial charge in [-0.3, -0.25) is 39.4 Å². The molecule has 0 radical (unpaired) electrons. The van der Waals surface area contributed by atoms with E-state index in [-0.39, 0.29) is 45.0 Å². The van der Waals surface area contributed by atoms with Gasteiger partial charge < -0.3 is 4.74 Å². The molecular weight excluding hydrogens is 536 g/mol. The molecule has 0 atom stereocenters. The molecule has 13 nitrogen and oxygen atoms in total. The van der Waals surface area contributed by atoms with Gasteiger partial charge in [-0.05, 0) is 60.7 Å². The molecule has 0 aromatic heterocycles. The summed E-state index contributed by atoms with van der Waals surface area (Å²) in [6.07, 6.45) is 0. The molecule has 4 amide bonds. The maximum absolute atomic E-state index is 12.8. The third-order valence-electron chi connectivity index (χ3n) is 6.59. The van der Waals surface area contributed by atoms with Crippen LogP contribution in [-0.4, -0.2) is 33.5 Å². The van der Waals surface area contributed by atoms with Crippen LogP contribution in [0.1, 0.15) is 41.4 Å². The van der Waals surface area contributed by atoms with E-state index in [1.54, 1.807) is 0 Å². The molecule has 200 valence electrons. The molecule has 0 N–H and O–H groups in total. The SMILES string of the molecule is O=C1c2ccc([N+](=O)[O-])cc2C(=O)N1c1ccc(Oc2ccc(N3C(=O)c4ccc([N+](=O)[O-])cc4C3=O)cc2)cc1. The second kappa shape index (κ2) is 9.20. The third kappa shape index (κ3) is 4.04. The second-order valence-electron chi connectivity index (χ2n) is 8.96. The molecule has 41 heavy (non-hydrogen) atoms. The number of nitrogens with zero attached hydrogens (tertiary/aromatic N) is 4. The monoisotopic (exact) mass is 550 g/mol. The van der Waals surface area contributed by atoms with Gasteiger partial charge in [0.1, 0.15) is 11.5 Å². The van der Waals surface area contributed by atoms with Gasteiger partial charge >= 0.3 is 0 Å². The van der Waals surface area contributed by atoms with Crippen LogP contribution in [0.3, 0.4) is 0 Å². The van der Waals surface area contributed by atoms with E-state index >= 15 is 0 Å². The molecule has 0 fully saturated rings. The maximum Gasteiger partial charge on any atom is 0.270 e. The lowest BCUT2D eigenvalue weighted by Gasteiger charge is -2.15. The average molecular weight is 550 g/mol. The number of amides is 4. The summed E-state index contributed by atoms with van der Waals surface area (Å²) in [5, 5.41) is 22.1. The maximum atomic E-state index is 12.8. The highest BCUT2D eigenvalue weighted by molar-refractivity contribution is 6.35. The van der Waals surface area contributed by atoms with Crippen molar-refractivity contribution >= 4 is 46.4 Å². The highest BCUT2D eigenvalue weighted by atomic mass is 16.6. The number of rotatable bonds is 6. The Hall–Kier alpha value is -6.24. The molecule has 13 heteroatoms. The van der Waals surface area contributed by atoms with Crippen molar-refractivity contribution in [1.82, 2.24) is 0 Å². The molecule has 0 bridgehead atoms. The molecule has 0 aliphatic carbocycles. The number of anilines is 2. The fraction of sp³-hybridized carbons (Fsp3) is 0. The zero-order chi connectivity index (χ0) is 29.0. The lowest BCUT2D eigenvalue weighted by atomic mass is 10.1. The third-order valence-corrected chi connectivity index (χ3v) is 6.59. The number of hydrogen-bond acceptors (Lipinski definition) is 9. The summed E-state index contributed by atoms with van der Waals surface area (Å²) in [4.78, 5) is 73.9. The quantitative estimate of drug-likeness (QED) is 0.184. The molecule has 0 unspecified atom stereocenters. The second-order valence-corrected chi connectivity index (χ2v) is 8.96. The Bertz CT molecular complexity index is 1710. The van der Waals surface area contributed by atoms with Crippen molar-refractivity contribution in [2.45, 2.75) is 0 Å². The topological polar surface area (TPSA) is 170 Å². The molecule has 0 spiro atoms. The first-order valence-corrected chi connectivity index (χ1v) is 11.9. The number of nitro benzene ring substituents is 2. The van der Waals surface area contributed by atoms with E-state index in [0.717, 1.165) is 34.1 Å². The van der Waals surface area contributed by atoms with Crippen LogP contribution in [-0.2, 0) is 0 Å². The van der Waals surface area contributed by atoms with Gasteiger partial charge in [0.15, 0.2) is 0 Å². The summed E-state index contributed by atoms with van der Waals surface area (Å²) in [6, 6.07) is 19.0. The van der Waals surface area contributed by atoms with Crippen LogP contribution in [0.15, 0.2) is 84.9 Å². The van der Waals surface area contributed by atoms with Crippen molar-refractivity contribution < 1.29 is 33.8 Å². The molecule has 2 heterocycles. The predicted molar refractivity (Wildman–Crippen MR) is 141 cm³/mol. The first-order valence-electron chi connectivity index (χ1n) is 11.9. The van der Waals surface area contributed by atoms with Crippen molar-refractivity contribution in [3.63, 3.8) is 0 Å². The van der Waals surface area contributed by atoms with Gasteiger partial charge in [-0.25, -0.2) is 9.80 Å². The molecule has 0 saturated heterocycles. The number of ether oxygens (including phenoxy) is 1. The van der Waals surface area contributed by atoms with Crippen LogP contribution in [0.2, 0.25) is 0 Å². The minimum Gasteiger partial charge on any atom is -0.457 e. The molecule has 2 aliphatic rings.